The highest BCUT2D eigenvalue weighted by atomic mass is 16.6. The van der Waals surface area contributed by atoms with Gasteiger partial charge in [0.25, 0.3) is 11.6 Å². The largest absolute Gasteiger partial charge is 0.495 e. The number of rotatable bonds is 8. The van der Waals surface area contributed by atoms with Crippen LogP contribution in [0.4, 0.5) is 11.4 Å². The molecule has 4 saturated carbocycles. The van der Waals surface area contributed by atoms with Crippen LogP contribution < -0.4 is 15.4 Å². The molecule has 1 atom stereocenters. The molecule has 1 unspecified atom stereocenters. The van der Waals surface area contributed by atoms with Gasteiger partial charge in [0.05, 0.1) is 17.7 Å². The Morgan fingerprint density at radius 2 is 1.76 bits per heavy atom. The van der Waals surface area contributed by atoms with Crippen LogP contribution >= 0.6 is 0 Å². The van der Waals surface area contributed by atoms with E-state index in [2.05, 4.69) is 10.6 Å². The van der Waals surface area contributed by atoms with Crippen LogP contribution in [0.2, 0.25) is 0 Å². The average molecular weight is 459 g/mol. The Bertz CT molecular complexity index is 942. The number of amides is 2. The van der Waals surface area contributed by atoms with Gasteiger partial charge in [0, 0.05) is 17.5 Å². The maximum atomic E-state index is 13.0. The van der Waals surface area contributed by atoms with Crippen LogP contribution in [-0.4, -0.2) is 42.5 Å². The number of hydrogen-bond donors (Lipinski definition) is 2. The molecule has 4 aliphatic carbocycles. The predicted octanol–water partition coefficient (Wildman–Crippen LogP) is 2.81. The number of non-ortho nitro benzene ring substituents is 1. The molecule has 0 aliphatic heterocycles. The minimum atomic E-state index is -1.17. The number of nitrogens with one attached hydrogen (secondary N) is 2. The van der Waals surface area contributed by atoms with Crippen molar-refractivity contribution in [3.05, 3.63) is 28.3 Å². The molecule has 178 valence electrons. The molecule has 0 spiro atoms. The summed E-state index contributed by atoms with van der Waals surface area (Å²) >= 11 is 0. The van der Waals surface area contributed by atoms with Crippen molar-refractivity contribution >= 4 is 29.2 Å². The zero-order valence-corrected chi connectivity index (χ0v) is 18.8. The Kier molecular flexibility index (Phi) is 6.27. The van der Waals surface area contributed by atoms with Gasteiger partial charge in [0.2, 0.25) is 5.91 Å². The summed E-state index contributed by atoms with van der Waals surface area (Å²) in [6.45, 7) is 1.08. The summed E-state index contributed by atoms with van der Waals surface area (Å²) in [5.74, 6) is 0.596. The van der Waals surface area contributed by atoms with Gasteiger partial charge in [0.1, 0.15) is 12.3 Å². The Morgan fingerprint density at radius 1 is 1.15 bits per heavy atom. The summed E-state index contributed by atoms with van der Waals surface area (Å²) < 4.78 is 10.3. The first-order valence-electron chi connectivity index (χ1n) is 11.3. The lowest BCUT2D eigenvalue weighted by Crippen LogP contribution is -2.54. The second-order valence-corrected chi connectivity index (χ2v) is 9.64. The molecule has 2 amide bonds. The number of methoxy groups -OCH3 is 1. The van der Waals surface area contributed by atoms with Crippen molar-refractivity contribution in [3.8, 4) is 5.75 Å². The van der Waals surface area contributed by atoms with Crippen LogP contribution in [0.1, 0.15) is 45.4 Å². The zero-order valence-electron chi connectivity index (χ0n) is 18.8. The van der Waals surface area contributed by atoms with Crippen molar-refractivity contribution < 1.29 is 28.8 Å². The molecule has 10 nitrogen and oxygen atoms in total. The Hall–Kier alpha value is -3.17. The van der Waals surface area contributed by atoms with E-state index in [-0.39, 0.29) is 35.0 Å². The highest BCUT2D eigenvalue weighted by molar-refractivity contribution is 5.97. The maximum Gasteiger partial charge on any atom is 0.326 e. The van der Waals surface area contributed by atoms with Crippen LogP contribution in [0.15, 0.2) is 18.2 Å². The second-order valence-electron chi connectivity index (χ2n) is 9.64. The topological polar surface area (TPSA) is 137 Å². The zero-order chi connectivity index (χ0) is 23.8. The van der Waals surface area contributed by atoms with E-state index in [1.807, 2.05) is 0 Å². The molecular weight excluding hydrogens is 430 g/mol. The van der Waals surface area contributed by atoms with Crippen LogP contribution in [0.5, 0.6) is 5.75 Å². The standard InChI is InChI=1S/C23H29N3O7/c1-13(21(28)25-18-8-17(26(30)31)3-4-19(18)32-2)33-20(27)12-24-22(29)23-9-14-5-15(10-23)7-16(6-14)11-23/h3-4,8,13-16H,5-7,9-12H2,1-2H3,(H,24,29)(H,25,28). The number of benzene rings is 1. The van der Waals surface area contributed by atoms with Crippen LogP contribution in [-0.2, 0) is 19.1 Å². The lowest BCUT2D eigenvalue weighted by Gasteiger charge is -2.55. The minimum absolute atomic E-state index is 0.0861. The smallest absolute Gasteiger partial charge is 0.326 e. The molecule has 0 heterocycles. The molecule has 0 radical (unpaired) electrons. The number of carbonyl (C=O) groups excluding carboxylic acids is 3. The number of nitro benzene ring substituents is 1. The fourth-order valence-electron chi connectivity index (χ4n) is 6.16. The molecule has 1 aromatic carbocycles. The number of carbonyl (C=O) groups is 3. The van der Waals surface area contributed by atoms with E-state index < -0.39 is 22.9 Å². The van der Waals surface area contributed by atoms with E-state index in [4.69, 9.17) is 9.47 Å². The average Bonchev–Trinajstić information content (AvgIpc) is 2.76. The SMILES string of the molecule is COc1ccc([N+](=O)[O-])cc1NC(=O)C(C)OC(=O)CNC(=O)C12CC3CC(CC(C3)C1)C2. The Balaban J connectivity index is 1.29. The lowest BCUT2D eigenvalue weighted by molar-refractivity contribution is -0.384. The highest BCUT2D eigenvalue weighted by Gasteiger charge is 2.54. The van der Waals surface area contributed by atoms with Gasteiger partial charge >= 0.3 is 5.97 Å². The first-order chi connectivity index (χ1) is 15.7. The molecule has 33 heavy (non-hydrogen) atoms. The number of ether oxygens (including phenoxy) is 2. The molecule has 1 aromatic rings. The van der Waals surface area contributed by atoms with Gasteiger partial charge in [-0.2, -0.15) is 0 Å². The number of nitro groups is 1. The molecular formula is C23H29N3O7. The highest BCUT2D eigenvalue weighted by Crippen LogP contribution is 2.60. The molecule has 4 aliphatic rings. The van der Waals surface area contributed by atoms with Crippen molar-refractivity contribution in [1.82, 2.24) is 5.32 Å². The maximum absolute atomic E-state index is 13.0. The van der Waals surface area contributed by atoms with E-state index in [1.54, 1.807) is 0 Å². The van der Waals surface area contributed by atoms with Gasteiger partial charge in [0.15, 0.2) is 6.10 Å². The third-order valence-electron chi connectivity index (χ3n) is 7.24. The minimum Gasteiger partial charge on any atom is -0.495 e. The first-order valence-corrected chi connectivity index (χ1v) is 11.3. The summed E-state index contributed by atoms with van der Waals surface area (Å²) in [5.41, 5.74) is -0.491. The molecule has 4 bridgehead atoms. The van der Waals surface area contributed by atoms with E-state index >= 15 is 0 Å². The Labute approximate surface area is 191 Å². The van der Waals surface area contributed by atoms with Gasteiger partial charge in [-0.3, -0.25) is 24.5 Å². The third-order valence-corrected chi connectivity index (χ3v) is 7.24. The predicted molar refractivity (Wildman–Crippen MR) is 117 cm³/mol. The van der Waals surface area contributed by atoms with Crippen molar-refractivity contribution in [3.63, 3.8) is 0 Å². The first kappa shape index (κ1) is 23.0. The van der Waals surface area contributed by atoms with Crippen molar-refractivity contribution in [2.75, 3.05) is 19.0 Å². The number of esters is 1. The van der Waals surface area contributed by atoms with Crippen molar-refractivity contribution in [2.24, 2.45) is 23.2 Å². The van der Waals surface area contributed by atoms with E-state index in [0.29, 0.717) is 17.8 Å². The summed E-state index contributed by atoms with van der Waals surface area (Å²) in [6, 6.07) is 3.78. The number of hydrogen-bond acceptors (Lipinski definition) is 7. The summed E-state index contributed by atoms with van der Waals surface area (Å²) in [6.07, 6.45) is 5.17. The number of anilines is 1. The Morgan fingerprint density at radius 3 is 2.30 bits per heavy atom. The quantitative estimate of drug-likeness (QED) is 0.346. The van der Waals surface area contributed by atoms with Gasteiger partial charge in [-0.05, 0) is 69.3 Å². The lowest BCUT2D eigenvalue weighted by atomic mass is 9.49. The molecule has 4 fully saturated rings. The summed E-state index contributed by atoms with van der Waals surface area (Å²) in [5, 5.41) is 16.2. The number of nitrogens with zero attached hydrogens (tertiary/aromatic N) is 1. The van der Waals surface area contributed by atoms with Crippen molar-refractivity contribution in [1.29, 1.82) is 0 Å². The van der Waals surface area contributed by atoms with Gasteiger partial charge in [-0.1, -0.05) is 0 Å². The third kappa shape index (κ3) is 4.79. The fraction of sp³-hybridized carbons (Fsp3) is 0.609. The second kappa shape index (κ2) is 8.99. The van der Waals surface area contributed by atoms with Crippen LogP contribution in [0.3, 0.4) is 0 Å². The van der Waals surface area contributed by atoms with E-state index in [1.165, 1.54) is 45.4 Å². The van der Waals surface area contributed by atoms with Crippen LogP contribution in [0, 0.1) is 33.3 Å². The van der Waals surface area contributed by atoms with Gasteiger partial charge in [-0.15, -0.1) is 0 Å². The van der Waals surface area contributed by atoms with Gasteiger partial charge in [-0.25, -0.2) is 0 Å². The molecule has 5 rings (SSSR count). The normalized spacial score (nSPS) is 28.0. The molecule has 0 aromatic heterocycles. The van der Waals surface area contributed by atoms with E-state index in [0.717, 1.165) is 25.3 Å². The molecule has 0 saturated heterocycles. The fourth-order valence-corrected chi connectivity index (χ4v) is 6.16. The van der Waals surface area contributed by atoms with E-state index in [9.17, 15) is 24.5 Å². The summed E-state index contributed by atoms with van der Waals surface area (Å²) in [7, 11) is 1.37. The monoisotopic (exact) mass is 459 g/mol. The van der Waals surface area contributed by atoms with Gasteiger partial charge < -0.3 is 20.1 Å². The molecule has 10 heteroatoms. The van der Waals surface area contributed by atoms with Crippen molar-refractivity contribution in [2.45, 2.75) is 51.6 Å². The molecule has 2 N–H and O–H groups in total. The van der Waals surface area contributed by atoms with Crippen LogP contribution in [0.25, 0.3) is 0 Å². The summed E-state index contributed by atoms with van der Waals surface area (Å²) in [4.78, 5) is 48.1.